The molecule has 2 aromatic rings. The Morgan fingerprint density at radius 2 is 1.63 bits per heavy atom. The molecule has 0 N–H and O–H groups in total. The van der Waals surface area contributed by atoms with Crippen molar-refractivity contribution in [1.82, 2.24) is 4.90 Å². The molecule has 2 aromatic carbocycles. The highest BCUT2D eigenvalue weighted by atomic mass is 35.5. The van der Waals surface area contributed by atoms with Crippen LogP contribution in [0.25, 0.3) is 5.57 Å². The van der Waals surface area contributed by atoms with Crippen molar-refractivity contribution in [3.63, 3.8) is 0 Å². The third-order valence-corrected chi connectivity index (χ3v) is 6.22. The van der Waals surface area contributed by atoms with Gasteiger partial charge in [-0.1, -0.05) is 29.8 Å². The highest BCUT2D eigenvalue weighted by Crippen LogP contribution is 2.38. The number of carbonyl (C=O) groups is 2. The van der Waals surface area contributed by atoms with Crippen LogP contribution in [-0.2, 0) is 9.59 Å². The molecule has 0 spiro atoms. The lowest BCUT2D eigenvalue weighted by Gasteiger charge is -2.29. The first kappa shape index (κ1) is 20.5. The van der Waals surface area contributed by atoms with Crippen LogP contribution in [0, 0.1) is 13.8 Å². The van der Waals surface area contributed by atoms with Crippen LogP contribution >= 0.6 is 11.6 Å². The zero-order valence-electron chi connectivity index (χ0n) is 17.5. The van der Waals surface area contributed by atoms with Gasteiger partial charge >= 0.3 is 0 Å². The topological polar surface area (TPSA) is 49.9 Å². The first-order valence-electron chi connectivity index (χ1n) is 10.2. The van der Waals surface area contributed by atoms with E-state index in [-0.39, 0.29) is 11.8 Å². The number of methoxy groups -OCH3 is 1. The number of ether oxygens (including phenoxy) is 1. The molecule has 0 saturated carbocycles. The minimum atomic E-state index is -0.315. The minimum Gasteiger partial charge on any atom is -0.495 e. The fraction of sp³-hybridized carbons (Fsp3) is 0.333. The fourth-order valence-corrected chi connectivity index (χ4v) is 4.37. The van der Waals surface area contributed by atoms with Crippen molar-refractivity contribution in [1.29, 1.82) is 0 Å². The summed E-state index contributed by atoms with van der Waals surface area (Å²) >= 11 is 6.28. The molecule has 0 atom stereocenters. The summed E-state index contributed by atoms with van der Waals surface area (Å²) in [4.78, 5) is 30.4. The molecule has 2 aliphatic rings. The van der Waals surface area contributed by atoms with Gasteiger partial charge in [-0.05, 0) is 68.0 Å². The number of rotatable bonds is 4. The Morgan fingerprint density at radius 3 is 2.27 bits per heavy atom. The summed E-state index contributed by atoms with van der Waals surface area (Å²) in [6.45, 7) is 5.61. The molecular formula is C24H25ClN2O3. The van der Waals surface area contributed by atoms with Crippen molar-refractivity contribution < 1.29 is 14.3 Å². The Morgan fingerprint density at radius 1 is 0.900 bits per heavy atom. The van der Waals surface area contributed by atoms with Crippen molar-refractivity contribution in [3.8, 4) is 5.75 Å². The standard InChI is InChI=1S/C24H25ClN2O3/c1-15-7-8-17(13-16(15)2)21-22(26-11-5-4-6-12-26)24(29)27(23(21)28)18-9-10-20(30-3)19(25)14-18/h7-10,13-14H,4-6,11-12H2,1-3H3. The third-order valence-electron chi connectivity index (χ3n) is 5.92. The van der Waals surface area contributed by atoms with E-state index in [0.717, 1.165) is 49.0 Å². The SMILES string of the molecule is COc1ccc(N2C(=O)C(c3ccc(C)c(C)c3)=C(N3CCCCC3)C2=O)cc1Cl. The average molecular weight is 425 g/mol. The molecule has 0 unspecified atom stereocenters. The number of nitrogens with zero attached hydrogens (tertiary/aromatic N) is 2. The summed E-state index contributed by atoms with van der Waals surface area (Å²) < 4.78 is 5.21. The average Bonchev–Trinajstić information content (AvgIpc) is 3.00. The van der Waals surface area contributed by atoms with E-state index in [1.807, 2.05) is 32.0 Å². The molecule has 6 heteroatoms. The molecule has 0 radical (unpaired) electrons. The quantitative estimate of drug-likeness (QED) is 0.665. The first-order valence-corrected chi connectivity index (χ1v) is 10.6. The van der Waals surface area contributed by atoms with Crippen molar-refractivity contribution in [3.05, 3.63) is 63.8 Å². The van der Waals surface area contributed by atoms with Crippen LogP contribution < -0.4 is 9.64 Å². The Labute approximate surface area is 181 Å². The molecule has 2 heterocycles. The molecular weight excluding hydrogens is 400 g/mol. The second-order valence-corrected chi connectivity index (χ2v) is 8.24. The van der Waals surface area contributed by atoms with Crippen LogP contribution in [0.1, 0.15) is 36.0 Å². The number of aryl methyl sites for hydroxylation is 2. The Bertz CT molecular complexity index is 1050. The number of halogens is 1. The maximum absolute atomic E-state index is 13.6. The van der Waals surface area contributed by atoms with Crippen LogP contribution in [0.5, 0.6) is 5.75 Å². The second-order valence-electron chi connectivity index (χ2n) is 7.83. The molecule has 0 bridgehead atoms. The lowest BCUT2D eigenvalue weighted by atomic mass is 9.98. The van der Waals surface area contributed by atoms with E-state index in [0.29, 0.717) is 27.7 Å². The normalized spacial score (nSPS) is 17.2. The van der Waals surface area contributed by atoms with Gasteiger partial charge < -0.3 is 9.64 Å². The number of likely N-dealkylation sites (tertiary alicyclic amines) is 1. The molecule has 0 aromatic heterocycles. The van der Waals surface area contributed by atoms with E-state index < -0.39 is 0 Å². The van der Waals surface area contributed by atoms with Crippen LogP contribution in [0.2, 0.25) is 5.02 Å². The molecule has 2 aliphatic heterocycles. The van der Waals surface area contributed by atoms with Crippen LogP contribution in [0.4, 0.5) is 5.69 Å². The van der Waals surface area contributed by atoms with E-state index in [1.165, 1.54) is 12.0 Å². The molecule has 4 rings (SSSR count). The fourth-order valence-electron chi connectivity index (χ4n) is 4.12. The Hall–Kier alpha value is -2.79. The molecule has 1 fully saturated rings. The number of hydrogen-bond donors (Lipinski definition) is 0. The molecule has 2 amide bonds. The van der Waals surface area contributed by atoms with E-state index in [4.69, 9.17) is 16.3 Å². The molecule has 0 aliphatic carbocycles. The maximum atomic E-state index is 13.6. The number of hydrogen-bond acceptors (Lipinski definition) is 4. The van der Waals surface area contributed by atoms with Crippen LogP contribution in [-0.4, -0.2) is 36.9 Å². The van der Waals surface area contributed by atoms with Crippen molar-refractivity contribution in [2.75, 3.05) is 25.1 Å². The smallest absolute Gasteiger partial charge is 0.282 e. The van der Waals surface area contributed by atoms with Crippen LogP contribution in [0.3, 0.4) is 0 Å². The largest absolute Gasteiger partial charge is 0.495 e. The monoisotopic (exact) mass is 424 g/mol. The maximum Gasteiger partial charge on any atom is 0.282 e. The van der Waals surface area contributed by atoms with Gasteiger partial charge in [-0.3, -0.25) is 9.59 Å². The van der Waals surface area contributed by atoms with Gasteiger partial charge in [-0.2, -0.15) is 0 Å². The van der Waals surface area contributed by atoms with Crippen molar-refractivity contribution in [2.45, 2.75) is 33.1 Å². The summed E-state index contributed by atoms with van der Waals surface area (Å²) in [5.74, 6) is -0.112. The summed E-state index contributed by atoms with van der Waals surface area (Å²) in [7, 11) is 1.53. The zero-order chi connectivity index (χ0) is 21.4. The van der Waals surface area contributed by atoms with Gasteiger partial charge in [0.2, 0.25) is 0 Å². The number of anilines is 1. The van der Waals surface area contributed by atoms with Gasteiger partial charge in [0, 0.05) is 13.1 Å². The van der Waals surface area contributed by atoms with Gasteiger partial charge in [-0.25, -0.2) is 4.90 Å². The van der Waals surface area contributed by atoms with Gasteiger partial charge in [0.05, 0.1) is 23.4 Å². The van der Waals surface area contributed by atoms with Gasteiger partial charge in [0.1, 0.15) is 11.4 Å². The first-order chi connectivity index (χ1) is 14.4. The predicted molar refractivity (Wildman–Crippen MR) is 119 cm³/mol. The number of imide groups is 1. The van der Waals surface area contributed by atoms with Crippen LogP contribution in [0.15, 0.2) is 42.1 Å². The Kier molecular flexibility index (Phi) is 5.56. The van der Waals surface area contributed by atoms with Gasteiger partial charge in [0.25, 0.3) is 11.8 Å². The molecule has 30 heavy (non-hydrogen) atoms. The summed E-state index contributed by atoms with van der Waals surface area (Å²) in [6, 6.07) is 10.9. The predicted octanol–water partition coefficient (Wildman–Crippen LogP) is 4.74. The van der Waals surface area contributed by atoms with Crippen molar-refractivity contribution >= 4 is 34.7 Å². The third kappa shape index (κ3) is 3.47. The number of amides is 2. The van der Waals surface area contributed by atoms with E-state index in [9.17, 15) is 9.59 Å². The molecule has 156 valence electrons. The molecule has 1 saturated heterocycles. The van der Waals surface area contributed by atoms with Crippen molar-refractivity contribution in [2.24, 2.45) is 0 Å². The highest BCUT2D eigenvalue weighted by Gasteiger charge is 2.42. The highest BCUT2D eigenvalue weighted by molar-refractivity contribution is 6.45. The van der Waals surface area contributed by atoms with Gasteiger partial charge in [0.15, 0.2) is 0 Å². The lowest BCUT2D eigenvalue weighted by molar-refractivity contribution is -0.120. The summed E-state index contributed by atoms with van der Waals surface area (Å²) in [5, 5.41) is 0.356. The zero-order valence-corrected chi connectivity index (χ0v) is 18.3. The lowest BCUT2D eigenvalue weighted by Crippen LogP contribution is -2.37. The number of piperidine rings is 1. The Balaban J connectivity index is 1.83. The number of carbonyl (C=O) groups excluding carboxylic acids is 2. The second kappa shape index (κ2) is 8.15. The van der Waals surface area contributed by atoms with E-state index in [1.54, 1.807) is 18.2 Å². The summed E-state index contributed by atoms with van der Waals surface area (Å²) in [5.41, 5.74) is 4.42. The van der Waals surface area contributed by atoms with E-state index >= 15 is 0 Å². The van der Waals surface area contributed by atoms with Gasteiger partial charge in [-0.15, -0.1) is 0 Å². The minimum absolute atomic E-state index is 0.295. The number of benzene rings is 2. The molecule has 5 nitrogen and oxygen atoms in total. The summed E-state index contributed by atoms with van der Waals surface area (Å²) in [6.07, 6.45) is 3.17. The van der Waals surface area contributed by atoms with E-state index in [2.05, 4.69) is 4.90 Å².